The molecule has 0 fully saturated rings. The first-order chi connectivity index (χ1) is 6.34. The number of rotatable bonds is 3. The Morgan fingerprint density at radius 1 is 1.08 bits per heavy atom. The molecule has 13 heavy (non-hydrogen) atoms. The molecule has 0 aliphatic rings. The van der Waals surface area contributed by atoms with Gasteiger partial charge in [-0.25, -0.2) is 0 Å². The van der Waals surface area contributed by atoms with E-state index in [1.54, 1.807) is 6.08 Å². The highest BCUT2D eigenvalue weighted by atomic mass is 14.5. The van der Waals surface area contributed by atoms with Crippen molar-refractivity contribution in [3.63, 3.8) is 0 Å². The summed E-state index contributed by atoms with van der Waals surface area (Å²) < 4.78 is 0. The standard InChI is InChI=1S/C12H13N/c1-2-3-4-5-8-11-9-6-7-10-12(11)13/h2-10H,1,13H2. The van der Waals surface area contributed by atoms with Crippen LogP contribution in [-0.2, 0) is 0 Å². The summed E-state index contributed by atoms with van der Waals surface area (Å²) in [5.74, 6) is 0. The number of para-hydroxylation sites is 1. The van der Waals surface area contributed by atoms with Crippen molar-refractivity contribution in [1.82, 2.24) is 0 Å². The van der Waals surface area contributed by atoms with Gasteiger partial charge in [0.05, 0.1) is 0 Å². The minimum absolute atomic E-state index is 0.797. The van der Waals surface area contributed by atoms with Crippen LogP contribution in [0.5, 0.6) is 0 Å². The number of hydrogen-bond donors (Lipinski definition) is 1. The summed E-state index contributed by atoms with van der Waals surface area (Å²) in [4.78, 5) is 0. The van der Waals surface area contributed by atoms with Crippen molar-refractivity contribution in [2.24, 2.45) is 0 Å². The second-order valence-corrected chi connectivity index (χ2v) is 2.61. The van der Waals surface area contributed by atoms with E-state index in [0.717, 1.165) is 11.3 Å². The number of nitrogen functional groups attached to an aromatic ring is 1. The maximum atomic E-state index is 5.74. The molecule has 1 aromatic rings. The van der Waals surface area contributed by atoms with E-state index in [4.69, 9.17) is 5.73 Å². The minimum Gasteiger partial charge on any atom is -0.398 e. The number of allylic oxidation sites excluding steroid dienone is 4. The van der Waals surface area contributed by atoms with Crippen molar-refractivity contribution in [1.29, 1.82) is 0 Å². The molecule has 0 atom stereocenters. The van der Waals surface area contributed by atoms with Crippen LogP contribution in [-0.4, -0.2) is 0 Å². The highest BCUT2D eigenvalue weighted by Gasteiger charge is 1.89. The molecule has 0 aliphatic heterocycles. The van der Waals surface area contributed by atoms with Gasteiger partial charge < -0.3 is 5.73 Å². The van der Waals surface area contributed by atoms with Gasteiger partial charge in [0.1, 0.15) is 0 Å². The van der Waals surface area contributed by atoms with Crippen molar-refractivity contribution in [2.75, 3.05) is 5.73 Å². The van der Waals surface area contributed by atoms with E-state index in [-0.39, 0.29) is 0 Å². The molecule has 0 saturated heterocycles. The summed E-state index contributed by atoms with van der Waals surface area (Å²) in [6.45, 7) is 3.58. The van der Waals surface area contributed by atoms with Crippen molar-refractivity contribution in [3.8, 4) is 0 Å². The summed E-state index contributed by atoms with van der Waals surface area (Å²) in [5, 5.41) is 0. The first kappa shape index (κ1) is 9.33. The smallest absolute Gasteiger partial charge is 0.0387 e. The largest absolute Gasteiger partial charge is 0.398 e. The lowest BCUT2D eigenvalue weighted by atomic mass is 10.1. The van der Waals surface area contributed by atoms with Gasteiger partial charge in [0.25, 0.3) is 0 Å². The molecule has 1 aromatic carbocycles. The molecule has 0 bridgehead atoms. The van der Waals surface area contributed by atoms with Crippen LogP contribution in [0.2, 0.25) is 0 Å². The van der Waals surface area contributed by atoms with Crippen molar-refractivity contribution in [2.45, 2.75) is 0 Å². The van der Waals surface area contributed by atoms with Crippen LogP contribution in [0.25, 0.3) is 6.08 Å². The van der Waals surface area contributed by atoms with Gasteiger partial charge >= 0.3 is 0 Å². The van der Waals surface area contributed by atoms with Gasteiger partial charge in [-0.1, -0.05) is 55.2 Å². The van der Waals surface area contributed by atoms with Crippen LogP contribution in [0.3, 0.4) is 0 Å². The third-order valence-electron chi connectivity index (χ3n) is 1.63. The third-order valence-corrected chi connectivity index (χ3v) is 1.63. The van der Waals surface area contributed by atoms with Crippen LogP contribution >= 0.6 is 0 Å². The Morgan fingerprint density at radius 2 is 1.85 bits per heavy atom. The number of nitrogens with two attached hydrogens (primary N) is 1. The van der Waals surface area contributed by atoms with Crippen LogP contribution in [0.4, 0.5) is 5.69 Å². The zero-order valence-corrected chi connectivity index (χ0v) is 7.48. The van der Waals surface area contributed by atoms with E-state index < -0.39 is 0 Å². The Morgan fingerprint density at radius 3 is 2.54 bits per heavy atom. The maximum Gasteiger partial charge on any atom is 0.0387 e. The van der Waals surface area contributed by atoms with E-state index in [1.807, 2.05) is 48.6 Å². The summed E-state index contributed by atoms with van der Waals surface area (Å²) in [6, 6.07) is 7.75. The Kier molecular flexibility index (Phi) is 3.58. The molecular formula is C12H13N. The Hall–Kier alpha value is -1.76. The highest BCUT2D eigenvalue weighted by Crippen LogP contribution is 2.11. The first-order valence-electron chi connectivity index (χ1n) is 4.15. The predicted molar refractivity (Wildman–Crippen MR) is 59.2 cm³/mol. The van der Waals surface area contributed by atoms with Gasteiger partial charge in [-0.15, -0.1) is 0 Å². The molecule has 0 aromatic heterocycles. The van der Waals surface area contributed by atoms with Crippen LogP contribution < -0.4 is 5.73 Å². The summed E-state index contributed by atoms with van der Waals surface area (Å²) >= 11 is 0. The zero-order chi connectivity index (χ0) is 9.52. The molecular weight excluding hydrogens is 158 g/mol. The quantitative estimate of drug-likeness (QED) is 0.549. The Bertz CT molecular complexity index is 335. The van der Waals surface area contributed by atoms with Crippen molar-refractivity contribution < 1.29 is 0 Å². The van der Waals surface area contributed by atoms with E-state index in [0.29, 0.717) is 0 Å². The molecule has 1 heteroatoms. The summed E-state index contributed by atoms with van der Waals surface area (Å²) in [5.41, 5.74) is 7.57. The second kappa shape index (κ2) is 4.99. The van der Waals surface area contributed by atoms with Gasteiger partial charge in [0, 0.05) is 5.69 Å². The number of hydrogen-bond acceptors (Lipinski definition) is 1. The van der Waals surface area contributed by atoms with Gasteiger partial charge in [-0.2, -0.15) is 0 Å². The van der Waals surface area contributed by atoms with E-state index >= 15 is 0 Å². The fourth-order valence-electron chi connectivity index (χ4n) is 0.965. The van der Waals surface area contributed by atoms with Crippen molar-refractivity contribution in [3.05, 3.63) is 60.7 Å². The van der Waals surface area contributed by atoms with Crippen LogP contribution in [0.1, 0.15) is 5.56 Å². The molecule has 1 rings (SSSR count). The van der Waals surface area contributed by atoms with Crippen molar-refractivity contribution >= 4 is 11.8 Å². The van der Waals surface area contributed by atoms with Gasteiger partial charge in [0.15, 0.2) is 0 Å². The van der Waals surface area contributed by atoms with E-state index in [1.165, 1.54) is 0 Å². The Labute approximate surface area is 78.9 Å². The Balaban J connectivity index is 2.74. The fourth-order valence-corrected chi connectivity index (χ4v) is 0.965. The molecule has 1 nitrogen and oxygen atoms in total. The zero-order valence-electron chi connectivity index (χ0n) is 7.48. The normalized spacial score (nSPS) is 11.1. The third kappa shape index (κ3) is 2.99. The highest BCUT2D eigenvalue weighted by molar-refractivity contribution is 5.64. The molecule has 0 aliphatic carbocycles. The molecule has 2 N–H and O–H groups in total. The minimum atomic E-state index is 0.797. The monoisotopic (exact) mass is 171 g/mol. The second-order valence-electron chi connectivity index (χ2n) is 2.61. The van der Waals surface area contributed by atoms with Crippen LogP contribution in [0, 0.1) is 0 Å². The molecule has 0 spiro atoms. The predicted octanol–water partition coefficient (Wildman–Crippen LogP) is 3.02. The molecule has 0 unspecified atom stereocenters. The van der Waals surface area contributed by atoms with Gasteiger partial charge in [-0.3, -0.25) is 0 Å². The van der Waals surface area contributed by atoms with Crippen LogP contribution in [0.15, 0.2) is 55.1 Å². The molecule has 0 saturated carbocycles. The lowest BCUT2D eigenvalue weighted by Crippen LogP contribution is -1.86. The average molecular weight is 171 g/mol. The van der Waals surface area contributed by atoms with E-state index in [9.17, 15) is 0 Å². The van der Waals surface area contributed by atoms with Gasteiger partial charge in [-0.05, 0) is 11.6 Å². The first-order valence-corrected chi connectivity index (χ1v) is 4.15. The van der Waals surface area contributed by atoms with Gasteiger partial charge in [0.2, 0.25) is 0 Å². The van der Waals surface area contributed by atoms with E-state index in [2.05, 4.69) is 6.58 Å². The number of anilines is 1. The maximum absolute atomic E-state index is 5.74. The summed E-state index contributed by atoms with van der Waals surface area (Å²) in [7, 11) is 0. The number of benzene rings is 1. The SMILES string of the molecule is C=CC=CC=Cc1ccccc1N. The summed E-state index contributed by atoms with van der Waals surface area (Å²) in [6.07, 6.45) is 9.43. The average Bonchev–Trinajstić information content (AvgIpc) is 2.15. The topological polar surface area (TPSA) is 26.0 Å². The molecule has 0 amide bonds. The fraction of sp³-hybridized carbons (Fsp3) is 0. The molecule has 0 radical (unpaired) electrons. The molecule has 0 heterocycles. The molecule has 66 valence electrons. The lowest BCUT2D eigenvalue weighted by Gasteiger charge is -1.96. The lowest BCUT2D eigenvalue weighted by molar-refractivity contribution is 1.64.